The van der Waals surface area contributed by atoms with Crippen molar-refractivity contribution in [2.24, 2.45) is 0 Å². The van der Waals surface area contributed by atoms with Crippen molar-refractivity contribution < 1.29 is 48.1 Å². The van der Waals surface area contributed by atoms with Gasteiger partial charge in [-0.1, -0.05) is 69.0 Å². The van der Waals surface area contributed by atoms with E-state index in [2.05, 4.69) is 117 Å². The maximum atomic E-state index is 4.05. The molecule has 204 valence electrons. The first-order valence-electron chi connectivity index (χ1n) is 12.3. The number of pyridine rings is 2. The molecule has 0 radical (unpaired) electrons. The molecule has 6 aromatic rings. The van der Waals surface area contributed by atoms with Crippen molar-refractivity contribution in [3.05, 3.63) is 118 Å². The van der Waals surface area contributed by atoms with Crippen LogP contribution in [0.5, 0.6) is 0 Å². The van der Waals surface area contributed by atoms with E-state index in [1.807, 2.05) is 49.1 Å². The van der Waals surface area contributed by atoms with Gasteiger partial charge in [0.15, 0.2) is 0 Å². The Bertz CT molecular complexity index is 1580. The number of aromatic nitrogens is 2. The summed E-state index contributed by atoms with van der Waals surface area (Å²) in [5, 5.41) is 5.12. The third-order valence-electron chi connectivity index (χ3n) is 5.86. The number of benzene rings is 2. The molecule has 0 aliphatic rings. The Morgan fingerprint density at radius 3 is 1.25 bits per heavy atom. The minimum Gasteiger partial charge on any atom is -1.00 e. The zero-order valence-corrected chi connectivity index (χ0v) is 30.8. The quantitative estimate of drug-likeness (QED) is 0.195. The molecule has 0 bridgehead atoms. The fraction of sp³-hybridized carbons (Fsp3) is 0.125. The minimum atomic E-state index is 0. The Hall–Kier alpha value is -1.40. The fourth-order valence-corrected chi connectivity index (χ4v) is 5.45. The second kappa shape index (κ2) is 16.3. The van der Waals surface area contributed by atoms with Crippen molar-refractivity contribution in [1.82, 2.24) is 9.97 Å². The van der Waals surface area contributed by atoms with Gasteiger partial charge in [0.25, 0.3) is 0 Å². The molecule has 0 aliphatic heterocycles. The molecule has 8 heteroatoms. The standard InChI is InChI=1S/2C15H11BrN.C2H6Si.2ClH.Zr/c2*1-10-6-13-8-12(9-15(16)14(13)7-10)11-2-4-17-5-3-11;1-3-2;;;/h2*2-9H,1H3;1-2H3;2*1H;/q2*-1;;;;+2/p-2. The van der Waals surface area contributed by atoms with Crippen molar-refractivity contribution in [2.45, 2.75) is 26.9 Å². The number of fused-ring (bicyclic) bond motifs is 2. The summed E-state index contributed by atoms with van der Waals surface area (Å²) in [6.07, 6.45) is 7.29. The van der Waals surface area contributed by atoms with Gasteiger partial charge < -0.3 is 24.8 Å². The van der Waals surface area contributed by atoms with Gasteiger partial charge in [-0.15, -0.1) is 56.9 Å². The average molecular weight is 791 g/mol. The predicted molar refractivity (Wildman–Crippen MR) is 168 cm³/mol. The van der Waals surface area contributed by atoms with Gasteiger partial charge in [0.1, 0.15) is 0 Å². The summed E-state index contributed by atoms with van der Waals surface area (Å²) >= 11 is 9.02. The van der Waals surface area contributed by atoms with Gasteiger partial charge in [0.2, 0.25) is 0 Å². The molecule has 40 heavy (non-hydrogen) atoms. The van der Waals surface area contributed by atoms with Crippen LogP contribution >= 0.6 is 31.9 Å². The van der Waals surface area contributed by atoms with Gasteiger partial charge in [-0.3, -0.25) is 9.97 Å². The maximum absolute atomic E-state index is 4.05. The Morgan fingerprint density at radius 1 is 0.600 bits per heavy atom. The van der Waals surface area contributed by atoms with Crippen LogP contribution in [0.3, 0.4) is 0 Å². The molecular formula is C32H28Br2Cl2N2SiZr-2. The largest absolute Gasteiger partial charge is 1.00 e. The first kappa shape index (κ1) is 34.8. The molecule has 2 nitrogen and oxygen atoms in total. The van der Waals surface area contributed by atoms with Crippen molar-refractivity contribution in [1.29, 1.82) is 0 Å². The van der Waals surface area contributed by atoms with E-state index in [4.69, 9.17) is 0 Å². The molecule has 2 heterocycles. The molecule has 0 atom stereocenters. The van der Waals surface area contributed by atoms with E-state index in [1.54, 1.807) is 23.3 Å². The molecule has 0 N–H and O–H groups in total. The smallest absolute Gasteiger partial charge is 0.0273 e. The van der Waals surface area contributed by atoms with Gasteiger partial charge in [-0.05, 0) is 44.3 Å². The van der Waals surface area contributed by atoms with Crippen LogP contribution in [0.4, 0.5) is 0 Å². The molecule has 2 aromatic heterocycles. The van der Waals surface area contributed by atoms with E-state index in [0.717, 1.165) is 8.95 Å². The number of hydrogen-bond acceptors (Lipinski definition) is 2. The second-order valence-corrected chi connectivity index (χ2v) is 20.5. The third-order valence-corrected chi connectivity index (χ3v) is 7.17. The van der Waals surface area contributed by atoms with E-state index >= 15 is 0 Å². The summed E-state index contributed by atoms with van der Waals surface area (Å²) < 4.78 is 2.30. The van der Waals surface area contributed by atoms with Gasteiger partial charge in [-0.25, -0.2) is 0 Å². The third kappa shape index (κ3) is 9.31. The van der Waals surface area contributed by atoms with Crippen molar-refractivity contribution in [3.8, 4) is 22.3 Å². The SMILES string of the molecule is C[Si](C)=[Zr+2].Cc1cc2c(Br)cc(-c3ccncc3)cc2[cH-]1.Cc1cc2c(Br)cc(-c3ccncc3)cc2[cH-]1.[Cl-].[Cl-]. The van der Waals surface area contributed by atoms with Gasteiger partial charge in [-0.2, -0.15) is 12.1 Å². The Balaban J connectivity index is 0.000000237. The van der Waals surface area contributed by atoms with E-state index in [0.29, 0.717) is 0 Å². The number of aryl methyl sites for hydroxylation is 2. The first-order chi connectivity index (χ1) is 18.2. The van der Waals surface area contributed by atoms with Crippen LogP contribution < -0.4 is 24.8 Å². The van der Waals surface area contributed by atoms with E-state index < -0.39 is 0 Å². The molecule has 0 saturated carbocycles. The normalized spacial score (nSPS) is 10.0. The summed E-state index contributed by atoms with van der Waals surface area (Å²) in [4.78, 5) is 8.10. The summed E-state index contributed by atoms with van der Waals surface area (Å²) in [5.41, 5.74) is 7.64. The first-order valence-corrected chi connectivity index (χ1v) is 20.0. The molecular weight excluding hydrogens is 762 g/mol. The van der Waals surface area contributed by atoms with Crippen LogP contribution in [0.25, 0.3) is 43.8 Å². The molecule has 0 fully saturated rings. The summed E-state index contributed by atoms with van der Waals surface area (Å²) in [5.74, 6) is 0. The zero-order valence-electron chi connectivity index (χ0n) is 22.6. The fourth-order valence-electron chi connectivity index (χ4n) is 4.27. The number of nitrogens with zero attached hydrogens (tertiary/aromatic N) is 2. The van der Waals surface area contributed by atoms with Crippen LogP contribution in [-0.4, -0.2) is 15.4 Å². The van der Waals surface area contributed by atoms with Crippen molar-refractivity contribution in [3.63, 3.8) is 0 Å². The monoisotopic (exact) mass is 786 g/mol. The topological polar surface area (TPSA) is 25.8 Å². The Morgan fingerprint density at radius 2 is 0.925 bits per heavy atom. The average Bonchev–Trinajstić information content (AvgIpc) is 3.47. The number of rotatable bonds is 2. The Labute approximate surface area is 281 Å². The van der Waals surface area contributed by atoms with Gasteiger partial charge in [0, 0.05) is 24.8 Å². The van der Waals surface area contributed by atoms with Crippen LogP contribution in [0.2, 0.25) is 13.1 Å². The Kier molecular flexibility index (Phi) is 14.2. The van der Waals surface area contributed by atoms with Crippen LogP contribution in [0.15, 0.2) is 107 Å². The minimum absolute atomic E-state index is 0. The molecule has 0 spiro atoms. The van der Waals surface area contributed by atoms with Crippen LogP contribution in [-0.2, 0) is 23.3 Å². The molecule has 0 saturated heterocycles. The van der Waals surface area contributed by atoms with Crippen LogP contribution in [0.1, 0.15) is 11.1 Å². The van der Waals surface area contributed by atoms with E-state index in [9.17, 15) is 0 Å². The second-order valence-electron chi connectivity index (χ2n) is 9.46. The van der Waals surface area contributed by atoms with E-state index in [-0.39, 0.29) is 30.2 Å². The van der Waals surface area contributed by atoms with Gasteiger partial charge >= 0.3 is 41.9 Å². The molecule has 4 aromatic carbocycles. The van der Waals surface area contributed by atoms with E-state index in [1.165, 1.54) is 54.9 Å². The number of halogens is 4. The molecule has 0 aliphatic carbocycles. The summed E-state index contributed by atoms with van der Waals surface area (Å²) in [6.45, 7) is 8.86. The van der Waals surface area contributed by atoms with Crippen molar-refractivity contribution in [2.75, 3.05) is 0 Å². The molecule has 6 rings (SSSR count). The number of hydrogen-bond donors (Lipinski definition) is 0. The zero-order chi connectivity index (χ0) is 27.2. The maximum Gasteiger partial charge on any atom is 0.0273 e. The summed E-state index contributed by atoms with van der Waals surface area (Å²) in [7, 11) is 0. The van der Waals surface area contributed by atoms with Crippen molar-refractivity contribution >= 4 is 58.8 Å². The van der Waals surface area contributed by atoms with Crippen LogP contribution in [0, 0.1) is 13.8 Å². The van der Waals surface area contributed by atoms with Gasteiger partial charge in [0.05, 0.1) is 0 Å². The summed E-state index contributed by atoms with van der Waals surface area (Å²) in [6, 6.07) is 25.7. The predicted octanol–water partition coefficient (Wildman–Crippen LogP) is 4.18. The molecule has 0 amide bonds. The molecule has 0 unspecified atom stereocenters.